The summed E-state index contributed by atoms with van der Waals surface area (Å²) in [4.78, 5) is 0. The molecule has 6 nitrogen and oxygen atoms in total. The summed E-state index contributed by atoms with van der Waals surface area (Å²) < 4.78 is 28.0. The van der Waals surface area contributed by atoms with Crippen molar-refractivity contribution in [2.75, 3.05) is 11.3 Å². The lowest BCUT2D eigenvalue weighted by molar-refractivity contribution is 0.564. The molecule has 92 valence electrons. The van der Waals surface area contributed by atoms with E-state index in [9.17, 15) is 8.42 Å². The number of aromatic amines is 1. The van der Waals surface area contributed by atoms with E-state index >= 15 is 0 Å². The van der Waals surface area contributed by atoms with Gasteiger partial charge in [0.2, 0.25) is 0 Å². The van der Waals surface area contributed by atoms with Crippen molar-refractivity contribution in [1.29, 1.82) is 0 Å². The SMILES string of the molecule is Cc1[nH]nc(NS(=O)(=O)NCC(C)C)c1C. The van der Waals surface area contributed by atoms with Crippen LogP contribution < -0.4 is 9.44 Å². The van der Waals surface area contributed by atoms with Crippen LogP contribution in [0.3, 0.4) is 0 Å². The first-order valence-electron chi connectivity index (χ1n) is 5.11. The zero-order chi connectivity index (χ0) is 12.3. The first-order chi connectivity index (χ1) is 7.32. The van der Waals surface area contributed by atoms with Crippen LogP contribution in [0.4, 0.5) is 5.82 Å². The van der Waals surface area contributed by atoms with Gasteiger partial charge in [0.25, 0.3) is 10.2 Å². The number of H-pyrrole nitrogens is 1. The van der Waals surface area contributed by atoms with E-state index in [0.29, 0.717) is 12.4 Å². The normalized spacial score (nSPS) is 12.1. The monoisotopic (exact) mass is 246 g/mol. The van der Waals surface area contributed by atoms with Gasteiger partial charge in [-0.05, 0) is 19.8 Å². The van der Waals surface area contributed by atoms with E-state index in [2.05, 4.69) is 19.6 Å². The van der Waals surface area contributed by atoms with Crippen LogP contribution in [-0.2, 0) is 10.2 Å². The third kappa shape index (κ3) is 3.49. The van der Waals surface area contributed by atoms with E-state index in [-0.39, 0.29) is 5.92 Å². The summed E-state index contributed by atoms with van der Waals surface area (Å²) in [5, 5.41) is 6.59. The minimum absolute atomic E-state index is 0.263. The van der Waals surface area contributed by atoms with Crippen molar-refractivity contribution >= 4 is 16.0 Å². The van der Waals surface area contributed by atoms with E-state index in [1.807, 2.05) is 20.8 Å². The Hall–Kier alpha value is -1.08. The standard InChI is InChI=1S/C9H18N4O2S/c1-6(2)5-10-16(14,15)13-9-7(3)8(4)11-12-9/h6,10H,5H2,1-4H3,(H2,11,12,13). The number of anilines is 1. The lowest BCUT2D eigenvalue weighted by Crippen LogP contribution is -2.33. The zero-order valence-electron chi connectivity index (χ0n) is 9.96. The Kier molecular flexibility index (Phi) is 3.93. The van der Waals surface area contributed by atoms with Crippen LogP contribution in [-0.4, -0.2) is 25.2 Å². The summed E-state index contributed by atoms with van der Waals surface area (Å²) in [6.45, 7) is 7.91. The molecule has 0 radical (unpaired) electrons. The van der Waals surface area contributed by atoms with Crippen molar-refractivity contribution in [3.8, 4) is 0 Å². The quantitative estimate of drug-likeness (QED) is 0.722. The highest BCUT2D eigenvalue weighted by Gasteiger charge is 2.14. The number of aromatic nitrogens is 2. The van der Waals surface area contributed by atoms with Crippen molar-refractivity contribution in [3.05, 3.63) is 11.3 Å². The van der Waals surface area contributed by atoms with Gasteiger partial charge in [-0.2, -0.15) is 18.2 Å². The molecule has 0 atom stereocenters. The topological polar surface area (TPSA) is 86.9 Å². The molecule has 0 unspecified atom stereocenters. The predicted molar refractivity (Wildman–Crippen MR) is 63.4 cm³/mol. The molecule has 0 saturated heterocycles. The molecule has 0 aromatic carbocycles. The molecular formula is C9H18N4O2S. The van der Waals surface area contributed by atoms with E-state index in [1.54, 1.807) is 6.92 Å². The molecule has 1 aromatic rings. The van der Waals surface area contributed by atoms with E-state index in [0.717, 1.165) is 11.3 Å². The van der Waals surface area contributed by atoms with E-state index < -0.39 is 10.2 Å². The summed E-state index contributed by atoms with van der Waals surface area (Å²) in [6, 6.07) is 0. The van der Waals surface area contributed by atoms with Crippen LogP contribution in [0.5, 0.6) is 0 Å². The Labute approximate surface area is 96.0 Å². The zero-order valence-corrected chi connectivity index (χ0v) is 10.8. The van der Waals surface area contributed by atoms with Crippen LogP contribution >= 0.6 is 0 Å². The largest absolute Gasteiger partial charge is 0.300 e. The number of rotatable bonds is 5. The molecule has 1 heterocycles. The second-order valence-corrected chi connectivity index (χ2v) is 5.67. The molecule has 16 heavy (non-hydrogen) atoms. The van der Waals surface area contributed by atoms with Gasteiger partial charge in [0.05, 0.1) is 0 Å². The Morgan fingerprint density at radius 1 is 1.38 bits per heavy atom. The van der Waals surface area contributed by atoms with Crippen LogP contribution in [0.25, 0.3) is 0 Å². The molecular weight excluding hydrogens is 228 g/mol. The Morgan fingerprint density at radius 2 is 2.00 bits per heavy atom. The van der Waals surface area contributed by atoms with Crippen LogP contribution in [0.2, 0.25) is 0 Å². The van der Waals surface area contributed by atoms with Gasteiger partial charge in [-0.15, -0.1) is 0 Å². The molecule has 1 aromatic heterocycles. The van der Waals surface area contributed by atoms with E-state index in [1.165, 1.54) is 0 Å². The number of hydrogen-bond acceptors (Lipinski definition) is 3. The number of nitrogens with zero attached hydrogens (tertiary/aromatic N) is 1. The van der Waals surface area contributed by atoms with Crippen molar-refractivity contribution in [2.45, 2.75) is 27.7 Å². The molecule has 0 saturated carbocycles. The molecule has 0 bridgehead atoms. The lowest BCUT2D eigenvalue weighted by Gasteiger charge is -2.09. The highest BCUT2D eigenvalue weighted by atomic mass is 32.2. The smallest absolute Gasteiger partial charge is 0.280 e. The molecule has 3 N–H and O–H groups in total. The molecule has 0 amide bonds. The minimum Gasteiger partial charge on any atom is -0.280 e. The Bertz CT molecular complexity index is 450. The number of hydrogen-bond donors (Lipinski definition) is 3. The summed E-state index contributed by atoms with van der Waals surface area (Å²) in [5.74, 6) is 0.604. The van der Waals surface area contributed by atoms with Crippen molar-refractivity contribution in [1.82, 2.24) is 14.9 Å². The highest BCUT2D eigenvalue weighted by Crippen LogP contribution is 2.14. The van der Waals surface area contributed by atoms with Gasteiger partial charge in [0.1, 0.15) is 0 Å². The molecule has 1 rings (SSSR count). The van der Waals surface area contributed by atoms with Crippen molar-refractivity contribution in [3.63, 3.8) is 0 Å². The Morgan fingerprint density at radius 3 is 2.44 bits per heavy atom. The maximum atomic E-state index is 11.6. The third-order valence-electron chi connectivity index (χ3n) is 2.17. The van der Waals surface area contributed by atoms with Crippen LogP contribution in [0.1, 0.15) is 25.1 Å². The number of nitrogens with one attached hydrogen (secondary N) is 3. The van der Waals surface area contributed by atoms with Gasteiger partial charge in [0.15, 0.2) is 5.82 Å². The maximum absolute atomic E-state index is 11.6. The fourth-order valence-corrected chi connectivity index (χ4v) is 2.10. The minimum atomic E-state index is -3.52. The van der Waals surface area contributed by atoms with Crippen molar-refractivity contribution < 1.29 is 8.42 Å². The van der Waals surface area contributed by atoms with Crippen molar-refractivity contribution in [2.24, 2.45) is 5.92 Å². The lowest BCUT2D eigenvalue weighted by atomic mass is 10.2. The van der Waals surface area contributed by atoms with Gasteiger partial charge in [-0.25, -0.2) is 0 Å². The first kappa shape index (κ1) is 13.0. The highest BCUT2D eigenvalue weighted by molar-refractivity contribution is 7.90. The molecule has 0 aliphatic heterocycles. The predicted octanol–water partition coefficient (Wildman–Crippen LogP) is 0.929. The molecule has 0 spiro atoms. The number of aryl methyl sites for hydroxylation is 1. The average Bonchev–Trinajstić information content (AvgIpc) is 2.46. The van der Waals surface area contributed by atoms with Gasteiger partial charge < -0.3 is 0 Å². The van der Waals surface area contributed by atoms with Gasteiger partial charge >= 0.3 is 0 Å². The second-order valence-electron chi connectivity index (χ2n) is 4.17. The molecule has 0 aliphatic rings. The summed E-state index contributed by atoms with van der Waals surface area (Å²) in [5.41, 5.74) is 1.65. The van der Waals surface area contributed by atoms with E-state index in [4.69, 9.17) is 0 Å². The fraction of sp³-hybridized carbons (Fsp3) is 0.667. The summed E-state index contributed by atoms with van der Waals surface area (Å²) >= 11 is 0. The van der Waals surface area contributed by atoms with Gasteiger partial charge in [-0.3, -0.25) is 9.82 Å². The average molecular weight is 246 g/mol. The van der Waals surface area contributed by atoms with Crippen LogP contribution in [0.15, 0.2) is 0 Å². The first-order valence-corrected chi connectivity index (χ1v) is 6.59. The maximum Gasteiger partial charge on any atom is 0.300 e. The fourth-order valence-electron chi connectivity index (χ4n) is 1.02. The second kappa shape index (κ2) is 4.84. The molecule has 0 fully saturated rings. The van der Waals surface area contributed by atoms with Gasteiger partial charge in [-0.1, -0.05) is 13.8 Å². The Balaban J connectivity index is 2.70. The molecule has 0 aliphatic carbocycles. The molecule has 7 heteroatoms. The summed E-state index contributed by atoms with van der Waals surface area (Å²) in [7, 11) is -3.52. The third-order valence-corrected chi connectivity index (χ3v) is 3.17. The van der Waals surface area contributed by atoms with Gasteiger partial charge in [0, 0.05) is 17.8 Å². The van der Waals surface area contributed by atoms with Crippen LogP contribution in [0, 0.1) is 19.8 Å². The summed E-state index contributed by atoms with van der Waals surface area (Å²) in [6.07, 6.45) is 0.